The second-order valence-corrected chi connectivity index (χ2v) is 5.51. The SMILES string of the molecule is CCNC(=O)Nc1ccc(Sc2ccc([N+](=O)[O-])cc2)cc1. The molecular weight excluding hydrogens is 302 g/mol. The molecule has 2 aromatic carbocycles. The van der Waals surface area contributed by atoms with E-state index in [0.29, 0.717) is 12.2 Å². The maximum atomic E-state index is 11.4. The molecule has 22 heavy (non-hydrogen) atoms. The Kier molecular flexibility index (Phi) is 5.37. The molecule has 114 valence electrons. The van der Waals surface area contributed by atoms with Gasteiger partial charge in [-0.1, -0.05) is 11.8 Å². The zero-order valence-electron chi connectivity index (χ0n) is 11.9. The molecule has 0 radical (unpaired) electrons. The van der Waals surface area contributed by atoms with E-state index in [0.717, 1.165) is 9.79 Å². The molecule has 0 atom stereocenters. The summed E-state index contributed by atoms with van der Waals surface area (Å²) in [5.41, 5.74) is 0.782. The highest BCUT2D eigenvalue weighted by atomic mass is 32.2. The number of carbonyl (C=O) groups excluding carboxylic acids is 1. The number of rotatable bonds is 5. The molecule has 6 nitrogen and oxygen atoms in total. The Labute approximate surface area is 132 Å². The molecule has 0 spiro atoms. The number of nitrogens with one attached hydrogen (secondary N) is 2. The van der Waals surface area contributed by atoms with Gasteiger partial charge >= 0.3 is 6.03 Å². The molecule has 0 saturated carbocycles. The van der Waals surface area contributed by atoms with E-state index in [1.54, 1.807) is 12.1 Å². The molecule has 0 fully saturated rings. The number of hydrogen-bond acceptors (Lipinski definition) is 4. The Hall–Kier alpha value is -2.54. The number of anilines is 1. The van der Waals surface area contributed by atoms with Gasteiger partial charge in [-0.25, -0.2) is 4.79 Å². The average Bonchev–Trinajstić information content (AvgIpc) is 2.50. The molecule has 0 aliphatic heterocycles. The zero-order chi connectivity index (χ0) is 15.9. The van der Waals surface area contributed by atoms with Gasteiger partial charge in [0.1, 0.15) is 0 Å². The molecule has 0 aliphatic rings. The zero-order valence-corrected chi connectivity index (χ0v) is 12.7. The van der Waals surface area contributed by atoms with Crippen molar-refractivity contribution in [1.29, 1.82) is 0 Å². The second-order valence-electron chi connectivity index (χ2n) is 4.36. The quantitative estimate of drug-likeness (QED) is 0.647. The van der Waals surface area contributed by atoms with Gasteiger partial charge in [-0.2, -0.15) is 0 Å². The van der Waals surface area contributed by atoms with Gasteiger partial charge in [0.15, 0.2) is 0 Å². The number of nitro groups is 1. The molecule has 2 rings (SSSR count). The fraction of sp³-hybridized carbons (Fsp3) is 0.133. The number of nitrogens with zero attached hydrogens (tertiary/aromatic N) is 1. The molecular formula is C15H15N3O3S. The van der Waals surface area contributed by atoms with Crippen molar-refractivity contribution in [2.24, 2.45) is 0 Å². The van der Waals surface area contributed by atoms with Gasteiger partial charge in [0.05, 0.1) is 4.92 Å². The highest BCUT2D eigenvalue weighted by molar-refractivity contribution is 7.99. The third kappa shape index (κ3) is 4.49. The highest BCUT2D eigenvalue weighted by Gasteiger charge is 2.05. The topological polar surface area (TPSA) is 84.3 Å². The number of urea groups is 1. The molecule has 0 bridgehead atoms. The summed E-state index contributed by atoms with van der Waals surface area (Å²) in [4.78, 5) is 23.5. The van der Waals surface area contributed by atoms with Crippen LogP contribution in [0.5, 0.6) is 0 Å². The maximum Gasteiger partial charge on any atom is 0.319 e. The van der Waals surface area contributed by atoms with Crippen LogP contribution < -0.4 is 10.6 Å². The van der Waals surface area contributed by atoms with Crippen LogP contribution in [0.25, 0.3) is 0 Å². The van der Waals surface area contributed by atoms with Crippen molar-refractivity contribution < 1.29 is 9.72 Å². The summed E-state index contributed by atoms with van der Waals surface area (Å²) in [7, 11) is 0. The standard InChI is InChI=1S/C15H15N3O3S/c1-2-16-15(19)17-11-3-7-13(8-4-11)22-14-9-5-12(6-10-14)18(20)21/h3-10H,2H2,1H3,(H2,16,17,19). The summed E-state index contributed by atoms with van der Waals surface area (Å²) in [6.07, 6.45) is 0. The summed E-state index contributed by atoms with van der Waals surface area (Å²) in [6.45, 7) is 2.42. The van der Waals surface area contributed by atoms with Crippen LogP contribution in [0.4, 0.5) is 16.2 Å². The van der Waals surface area contributed by atoms with Crippen LogP contribution >= 0.6 is 11.8 Å². The Balaban J connectivity index is 1.98. The predicted molar refractivity (Wildman–Crippen MR) is 86.4 cm³/mol. The third-order valence-corrected chi connectivity index (χ3v) is 3.75. The Morgan fingerprint density at radius 1 is 1.09 bits per heavy atom. The van der Waals surface area contributed by atoms with Crippen molar-refractivity contribution >= 4 is 29.2 Å². The molecule has 0 unspecified atom stereocenters. The number of non-ortho nitro benzene ring substituents is 1. The van der Waals surface area contributed by atoms with E-state index in [9.17, 15) is 14.9 Å². The largest absolute Gasteiger partial charge is 0.338 e. The Morgan fingerprint density at radius 3 is 2.14 bits per heavy atom. The molecule has 2 N–H and O–H groups in total. The lowest BCUT2D eigenvalue weighted by Gasteiger charge is -2.07. The van der Waals surface area contributed by atoms with Crippen molar-refractivity contribution in [1.82, 2.24) is 5.32 Å². The first-order valence-corrected chi connectivity index (χ1v) is 7.47. The van der Waals surface area contributed by atoms with E-state index in [-0.39, 0.29) is 11.7 Å². The first kappa shape index (κ1) is 15.8. The van der Waals surface area contributed by atoms with E-state index >= 15 is 0 Å². The van der Waals surface area contributed by atoms with Crippen LogP contribution in [-0.4, -0.2) is 17.5 Å². The number of carbonyl (C=O) groups is 1. The minimum atomic E-state index is -0.420. The smallest absolute Gasteiger partial charge is 0.319 e. The van der Waals surface area contributed by atoms with Crippen LogP contribution in [0.1, 0.15) is 6.92 Å². The molecule has 0 aromatic heterocycles. The van der Waals surface area contributed by atoms with Crippen molar-refractivity contribution in [3.05, 3.63) is 58.6 Å². The first-order chi connectivity index (χ1) is 10.6. The molecule has 0 saturated heterocycles. The molecule has 2 amide bonds. The number of hydrogen-bond donors (Lipinski definition) is 2. The summed E-state index contributed by atoms with van der Waals surface area (Å²) in [6, 6.07) is 13.5. The Morgan fingerprint density at radius 2 is 1.64 bits per heavy atom. The van der Waals surface area contributed by atoms with E-state index in [4.69, 9.17) is 0 Å². The van der Waals surface area contributed by atoms with Gasteiger partial charge in [0, 0.05) is 34.2 Å². The van der Waals surface area contributed by atoms with E-state index < -0.39 is 4.92 Å². The van der Waals surface area contributed by atoms with Crippen molar-refractivity contribution in [2.75, 3.05) is 11.9 Å². The Bertz CT molecular complexity index is 657. The van der Waals surface area contributed by atoms with Gasteiger partial charge < -0.3 is 10.6 Å². The summed E-state index contributed by atoms with van der Waals surface area (Å²) >= 11 is 1.49. The predicted octanol–water partition coefficient (Wildman–Crippen LogP) is 3.89. The van der Waals surface area contributed by atoms with Crippen LogP contribution in [0.3, 0.4) is 0 Å². The lowest BCUT2D eigenvalue weighted by molar-refractivity contribution is -0.384. The van der Waals surface area contributed by atoms with Crippen LogP contribution in [0.15, 0.2) is 58.3 Å². The average molecular weight is 317 g/mol. The number of amides is 2. The van der Waals surface area contributed by atoms with Gasteiger partial charge in [-0.3, -0.25) is 10.1 Å². The number of benzene rings is 2. The number of nitro benzene ring substituents is 1. The normalized spacial score (nSPS) is 10.0. The lowest BCUT2D eigenvalue weighted by Crippen LogP contribution is -2.28. The van der Waals surface area contributed by atoms with E-state index in [1.807, 2.05) is 31.2 Å². The van der Waals surface area contributed by atoms with Crippen LogP contribution in [0, 0.1) is 10.1 Å². The molecule has 0 aliphatic carbocycles. The third-order valence-electron chi connectivity index (χ3n) is 2.73. The first-order valence-electron chi connectivity index (χ1n) is 6.65. The van der Waals surface area contributed by atoms with Crippen molar-refractivity contribution in [3.8, 4) is 0 Å². The molecule has 0 heterocycles. The van der Waals surface area contributed by atoms with E-state index in [1.165, 1.54) is 23.9 Å². The monoisotopic (exact) mass is 317 g/mol. The summed E-state index contributed by atoms with van der Waals surface area (Å²) in [5, 5.41) is 16.0. The fourth-order valence-corrected chi connectivity index (χ4v) is 2.53. The van der Waals surface area contributed by atoms with E-state index in [2.05, 4.69) is 10.6 Å². The van der Waals surface area contributed by atoms with Crippen LogP contribution in [-0.2, 0) is 0 Å². The molecule has 7 heteroatoms. The van der Waals surface area contributed by atoms with Crippen molar-refractivity contribution in [3.63, 3.8) is 0 Å². The van der Waals surface area contributed by atoms with Gasteiger partial charge in [0.25, 0.3) is 5.69 Å². The minimum Gasteiger partial charge on any atom is -0.338 e. The lowest BCUT2D eigenvalue weighted by atomic mass is 10.3. The van der Waals surface area contributed by atoms with Gasteiger partial charge in [-0.15, -0.1) is 0 Å². The van der Waals surface area contributed by atoms with Gasteiger partial charge in [-0.05, 0) is 43.3 Å². The minimum absolute atomic E-state index is 0.0748. The second kappa shape index (κ2) is 7.46. The highest BCUT2D eigenvalue weighted by Crippen LogP contribution is 2.29. The van der Waals surface area contributed by atoms with Crippen LogP contribution in [0.2, 0.25) is 0 Å². The fourth-order valence-electron chi connectivity index (χ4n) is 1.71. The summed E-state index contributed by atoms with van der Waals surface area (Å²) in [5.74, 6) is 0. The van der Waals surface area contributed by atoms with Gasteiger partial charge in [0.2, 0.25) is 0 Å². The van der Waals surface area contributed by atoms with Crippen molar-refractivity contribution in [2.45, 2.75) is 16.7 Å². The molecule has 2 aromatic rings. The summed E-state index contributed by atoms with van der Waals surface area (Å²) < 4.78 is 0. The maximum absolute atomic E-state index is 11.4.